The third-order valence-electron chi connectivity index (χ3n) is 6.44. The molecule has 2 nitrogen and oxygen atoms in total. The van der Waals surface area contributed by atoms with E-state index < -0.39 is 0 Å². The first-order valence-corrected chi connectivity index (χ1v) is 10.6. The second kappa shape index (κ2) is 11.1. The molecule has 2 heteroatoms. The smallest absolute Gasteiger partial charge is 0.220 e. The predicted octanol–water partition coefficient (Wildman–Crippen LogP) is 5.98. The molecule has 0 aromatic heterocycles. The summed E-state index contributed by atoms with van der Waals surface area (Å²) in [5.41, 5.74) is 5.86. The van der Waals surface area contributed by atoms with E-state index in [1.54, 1.807) is 0 Å². The Kier molecular flexibility index (Phi) is 9.07. The van der Waals surface area contributed by atoms with Crippen molar-refractivity contribution in [3.63, 3.8) is 0 Å². The molecule has 2 N–H and O–H groups in total. The molecule has 0 radical (unpaired) electrons. The van der Waals surface area contributed by atoms with Crippen LogP contribution in [0.5, 0.6) is 0 Å². The Balaban J connectivity index is 2.04. The average molecular weight is 322 g/mol. The van der Waals surface area contributed by atoms with E-state index in [2.05, 4.69) is 0 Å². The van der Waals surface area contributed by atoms with Crippen molar-refractivity contribution in [2.45, 2.75) is 109 Å². The van der Waals surface area contributed by atoms with Crippen LogP contribution in [0.4, 0.5) is 0 Å². The quantitative estimate of drug-likeness (QED) is 0.668. The van der Waals surface area contributed by atoms with Gasteiger partial charge in [-0.15, -0.1) is 0 Å². The van der Waals surface area contributed by atoms with Crippen LogP contribution >= 0.6 is 0 Å². The van der Waals surface area contributed by atoms with Gasteiger partial charge >= 0.3 is 0 Å². The third kappa shape index (κ3) is 6.85. The molecule has 0 bridgehead atoms. The maximum absolute atomic E-state index is 12.2. The molecule has 0 aliphatic heterocycles. The van der Waals surface area contributed by atoms with Crippen LogP contribution in [0.3, 0.4) is 0 Å². The van der Waals surface area contributed by atoms with Crippen LogP contribution in [0.1, 0.15) is 109 Å². The summed E-state index contributed by atoms with van der Waals surface area (Å²) in [5.74, 6) is 1.48. The van der Waals surface area contributed by atoms with E-state index in [0.29, 0.717) is 5.92 Å². The lowest BCUT2D eigenvalue weighted by Gasteiger charge is -2.34. The molecule has 2 unspecified atom stereocenters. The van der Waals surface area contributed by atoms with E-state index in [9.17, 15) is 4.79 Å². The summed E-state index contributed by atoms with van der Waals surface area (Å²) in [6, 6.07) is 0. The summed E-state index contributed by atoms with van der Waals surface area (Å²) in [4.78, 5) is 12.2. The lowest BCUT2D eigenvalue weighted by molar-refractivity contribution is -0.124. The minimum Gasteiger partial charge on any atom is -0.369 e. The molecule has 1 amide bonds. The van der Waals surface area contributed by atoms with Crippen molar-refractivity contribution in [3.05, 3.63) is 0 Å². The Morgan fingerprint density at radius 2 is 0.957 bits per heavy atom. The molecular formula is C21H39NO. The van der Waals surface area contributed by atoms with Crippen LogP contribution in [0.15, 0.2) is 0 Å². The summed E-state index contributed by atoms with van der Waals surface area (Å²) in [5, 5.41) is 0. The van der Waals surface area contributed by atoms with Gasteiger partial charge in [-0.25, -0.2) is 0 Å². The summed E-state index contributed by atoms with van der Waals surface area (Å²) < 4.78 is 0. The SMILES string of the molecule is NC(=O)C1CCCCCCCCC1C1CCCCCCCCC1. The maximum atomic E-state index is 12.2. The van der Waals surface area contributed by atoms with Gasteiger partial charge in [-0.05, 0) is 24.7 Å². The molecule has 2 fully saturated rings. The first-order chi connectivity index (χ1) is 11.3. The normalized spacial score (nSPS) is 30.4. The van der Waals surface area contributed by atoms with Gasteiger partial charge in [0.25, 0.3) is 0 Å². The standard InChI is InChI=1S/C21H39NO/c22-21(23)20-17-13-9-5-4-8-12-16-19(20)18-14-10-6-2-1-3-7-11-15-18/h18-20H,1-17H2,(H2,22,23). The number of carbonyl (C=O) groups is 1. The van der Waals surface area contributed by atoms with Crippen molar-refractivity contribution < 1.29 is 4.79 Å². The van der Waals surface area contributed by atoms with Crippen LogP contribution in [-0.4, -0.2) is 5.91 Å². The van der Waals surface area contributed by atoms with Crippen LogP contribution in [0.2, 0.25) is 0 Å². The topological polar surface area (TPSA) is 43.1 Å². The molecule has 2 aliphatic carbocycles. The second-order valence-electron chi connectivity index (χ2n) is 8.18. The molecule has 0 aromatic carbocycles. The zero-order valence-electron chi connectivity index (χ0n) is 15.2. The highest BCUT2D eigenvalue weighted by atomic mass is 16.1. The van der Waals surface area contributed by atoms with Gasteiger partial charge in [-0.3, -0.25) is 4.79 Å². The molecule has 0 aromatic rings. The molecule has 0 saturated heterocycles. The highest BCUT2D eigenvalue weighted by molar-refractivity contribution is 5.77. The number of amides is 1. The number of hydrogen-bond donors (Lipinski definition) is 1. The predicted molar refractivity (Wildman–Crippen MR) is 98.2 cm³/mol. The van der Waals surface area contributed by atoms with Gasteiger partial charge in [0.15, 0.2) is 0 Å². The van der Waals surface area contributed by atoms with Crippen molar-refractivity contribution in [3.8, 4) is 0 Å². The van der Waals surface area contributed by atoms with Gasteiger partial charge < -0.3 is 5.73 Å². The molecule has 134 valence electrons. The number of hydrogen-bond acceptors (Lipinski definition) is 1. The largest absolute Gasteiger partial charge is 0.369 e. The fourth-order valence-electron chi connectivity index (χ4n) is 5.05. The number of rotatable bonds is 2. The number of nitrogens with two attached hydrogens (primary N) is 1. The highest BCUT2D eigenvalue weighted by Crippen LogP contribution is 2.38. The summed E-state index contributed by atoms with van der Waals surface area (Å²) in [6.45, 7) is 0. The van der Waals surface area contributed by atoms with Crippen LogP contribution in [0.25, 0.3) is 0 Å². The van der Waals surface area contributed by atoms with E-state index in [-0.39, 0.29) is 11.8 Å². The van der Waals surface area contributed by atoms with Crippen molar-refractivity contribution in [2.75, 3.05) is 0 Å². The monoisotopic (exact) mass is 321 g/mol. The Bertz CT molecular complexity index is 318. The Morgan fingerprint density at radius 3 is 1.43 bits per heavy atom. The molecule has 23 heavy (non-hydrogen) atoms. The van der Waals surface area contributed by atoms with Gasteiger partial charge in [-0.1, -0.05) is 96.3 Å². The Morgan fingerprint density at radius 1 is 0.565 bits per heavy atom. The fourth-order valence-corrected chi connectivity index (χ4v) is 5.05. The molecule has 0 heterocycles. The Hall–Kier alpha value is -0.530. The van der Waals surface area contributed by atoms with E-state index in [4.69, 9.17) is 5.73 Å². The van der Waals surface area contributed by atoms with Crippen molar-refractivity contribution >= 4 is 5.91 Å². The molecule has 2 rings (SSSR count). The van der Waals surface area contributed by atoms with E-state index >= 15 is 0 Å². The molecular weight excluding hydrogens is 282 g/mol. The van der Waals surface area contributed by atoms with Gasteiger partial charge in [-0.2, -0.15) is 0 Å². The Labute approximate surface area is 144 Å². The zero-order chi connectivity index (χ0) is 16.3. The first-order valence-electron chi connectivity index (χ1n) is 10.6. The zero-order valence-corrected chi connectivity index (χ0v) is 15.2. The third-order valence-corrected chi connectivity index (χ3v) is 6.44. The van der Waals surface area contributed by atoms with Gasteiger partial charge in [0.1, 0.15) is 0 Å². The maximum Gasteiger partial charge on any atom is 0.220 e. The van der Waals surface area contributed by atoms with Crippen LogP contribution in [0, 0.1) is 17.8 Å². The van der Waals surface area contributed by atoms with Crippen molar-refractivity contribution in [2.24, 2.45) is 23.5 Å². The minimum absolute atomic E-state index is 0.00679. The van der Waals surface area contributed by atoms with Gasteiger partial charge in [0, 0.05) is 5.92 Å². The minimum atomic E-state index is -0.00679. The van der Waals surface area contributed by atoms with E-state index in [0.717, 1.165) is 12.3 Å². The lowest BCUT2D eigenvalue weighted by atomic mass is 9.71. The van der Waals surface area contributed by atoms with Crippen molar-refractivity contribution in [1.82, 2.24) is 0 Å². The number of carbonyl (C=O) groups excluding carboxylic acids is 1. The molecule has 0 spiro atoms. The van der Waals surface area contributed by atoms with Crippen LogP contribution < -0.4 is 5.73 Å². The lowest BCUT2D eigenvalue weighted by Crippen LogP contribution is -2.34. The van der Waals surface area contributed by atoms with Crippen LogP contribution in [-0.2, 0) is 4.79 Å². The van der Waals surface area contributed by atoms with Gasteiger partial charge in [0.05, 0.1) is 0 Å². The second-order valence-corrected chi connectivity index (χ2v) is 8.18. The fraction of sp³-hybridized carbons (Fsp3) is 0.952. The summed E-state index contributed by atoms with van der Waals surface area (Å²) in [6.07, 6.45) is 22.7. The summed E-state index contributed by atoms with van der Waals surface area (Å²) in [7, 11) is 0. The van der Waals surface area contributed by atoms with E-state index in [1.807, 2.05) is 0 Å². The van der Waals surface area contributed by atoms with E-state index in [1.165, 1.54) is 103 Å². The molecule has 2 aliphatic rings. The highest BCUT2D eigenvalue weighted by Gasteiger charge is 2.32. The first kappa shape index (κ1) is 18.8. The average Bonchev–Trinajstić information content (AvgIpc) is 2.56. The molecule has 2 saturated carbocycles. The molecule has 2 atom stereocenters. The van der Waals surface area contributed by atoms with Gasteiger partial charge in [0.2, 0.25) is 5.91 Å². The summed E-state index contributed by atoms with van der Waals surface area (Å²) >= 11 is 0. The van der Waals surface area contributed by atoms with Crippen molar-refractivity contribution in [1.29, 1.82) is 0 Å². The number of primary amides is 1.